The lowest BCUT2D eigenvalue weighted by molar-refractivity contribution is -0.142. The highest BCUT2D eigenvalue weighted by Crippen LogP contribution is 2.20. The molecule has 1 aliphatic heterocycles. The Morgan fingerprint density at radius 1 is 1.08 bits per heavy atom. The number of amides is 5. The maximum absolute atomic E-state index is 13.4. The highest BCUT2D eigenvalue weighted by atomic mass is 16.5. The summed E-state index contributed by atoms with van der Waals surface area (Å²) in [7, 11) is 0. The van der Waals surface area contributed by atoms with Gasteiger partial charge in [0.1, 0.15) is 24.7 Å². The lowest BCUT2D eigenvalue weighted by Crippen LogP contribution is -2.57. The van der Waals surface area contributed by atoms with Crippen LogP contribution in [0.25, 0.3) is 0 Å². The Morgan fingerprint density at radius 2 is 1.78 bits per heavy atom. The van der Waals surface area contributed by atoms with E-state index in [2.05, 4.69) is 16.0 Å². The summed E-state index contributed by atoms with van der Waals surface area (Å²) in [6.07, 6.45) is 0.547. The SMILES string of the molecule is CCNC(=O)[C@@H]1CCCN1C(=O)[C@H](CCC(N)=O)NC(=O)[C@H](CC(C)C)NC(=O)OCc1ccccc1. The van der Waals surface area contributed by atoms with Crippen LogP contribution in [0, 0.1) is 5.92 Å². The molecule has 5 amide bonds. The van der Waals surface area contributed by atoms with E-state index in [0.717, 1.165) is 5.56 Å². The van der Waals surface area contributed by atoms with E-state index in [1.807, 2.05) is 44.2 Å². The Morgan fingerprint density at radius 3 is 2.41 bits per heavy atom. The molecule has 1 aromatic carbocycles. The molecule has 0 aromatic heterocycles. The van der Waals surface area contributed by atoms with Crippen molar-refractivity contribution in [2.75, 3.05) is 13.1 Å². The maximum atomic E-state index is 13.4. The maximum Gasteiger partial charge on any atom is 0.408 e. The predicted octanol–water partition coefficient (Wildman–Crippen LogP) is 1.20. The third-order valence-corrected chi connectivity index (χ3v) is 6.01. The molecule has 1 aromatic rings. The molecule has 1 fully saturated rings. The molecular weight excluding hydrogens is 478 g/mol. The third kappa shape index (κ3) is 9.74. The summed E-state index contributed by atoms with van der Waals surface area (Å²) in [4.78, 5) is 64.4. The third-order valence-electron chi connectivity index (χ3n) is 6.01. The summed E-state index contributed by atoms with van der Waals surface area (Å²) in [5.74, 6) is -1.87. The Bertz CT molecular complexity index is 939. The minimum atomic E-state index is -1.08. The number of nitrogens with two attached hydrogens (primary N) is 1. The van der Waals surface area contributed by atoms with Gasteiger partial charge in [-0.3, -0.25) is 19.2 Å². The zero-order valence-corrected chi connectivity index (χ0v) is 21.8. The molecule has 0 unspecified atom stereocenters. The van der Waals surface area contributed by atoms with Gasteiger partial charge >= 0.3 is 6.09 Å². The van der Waals surface area contributed by atoms with Gasteiger partial charge in [0.15, 0.2) is 0 Å². The molecule has 1 aliphatic rings. The molecule has 1 heterocycles. The van der Waals surface area contributed by atoms with Crippen molar-refractivity contribution in [2.24, 2.45) is 11.7 Å². The Balaban J connectivity index is 2.11. The Labute approximate surface area is 217 Å². The van der Waals surface area contributed by atoms with Crippen LogP contribution >= 0.6 is 0 Å². The number of ether oxygens (including phenoxy) is 1. The van der Waals surface area contributed by atoms with Gasteiger partial charge in [0.2, 0.25) is 23.6 Å². The van der Waals surface area contributed by atoms with E-state index in [0.29, 0.717) is 32.4 Å². The molecule has 0 radical (unpaired) electrons. The van der Waals surface area contributed by atoms with Crippen molar-refractivity contribution in [1.82, 2.24) is 20.9 Å². The molecule has 2 rings (SSSR count). The zero-order chi connectivity index (χ0) is 27.4. The summed E-state index contributed by atoms with van der Waals surface area (Å²) in [6.45, 7) is 6.42. The van der Waals surface area contributed by atoms with Gasteiger partial charge in [-0.25, -0.2) is 4.79 Å². The van der Waals surface area contributed by atoms with Crippen LogP contribution in [-0.4, -0.2) is 65.8 Å². The average molecular weight is 518 g/mol. The lowest BCUT2D eigenvalue weighted by atomic mass is 10.0. The van der Waals surface area contributed by atoms with Gasteiger partial charge in [-0.2, -0.15) is 0 Å². The number of hydrogen-bond acceptors (Lipinski definition) is 6. The molecule has 0 bridgehead atoms. The molecule has 1 saturated heterocycles. The number of likely N-dealkylation sites (tertiary alicyclic amines) is 1. The van der Waals surface area contributed by atoms with Gasteiger partial charge < -0.3 is 31.3 Å². The Hall–Kier alpha value is -3.63. The molecule has 0 saturated carbocycles. The van der Waals surface area contributed by atoms with Crippen molar-refractivity contribution in [1.29, 1.82) is 0 Å². The van der Waals surface area contributed by atoms with Crippen LogP contribution in [0.5, 0.6) is 0 Å². The number of benzene rings is 1. The normalized spacial score (nSPS) is 16.5. The van der Waals surface area contributed by atoms with E-state index in [-0.39, 0.29) is 31.3 Å². The molecule has 5 N–H and O–H groups in total. The van der Waals surface area contributed by atoms with Crippen LogP contribution in [0.2, 0.25) is 0 Å². The minimum absolute atomic E-state index is 0.0224. The first-order valence-electron chi connectivity index (χ1n) is 12.8. The second-order valence-corrected chi connectivity index (χ2v) is 9.54. The van der Waals surface area contributed by atoms with Gasteiger partial charge in [-0.1, -0.05) is 44.2 Å². The van der Waals surface area contributed by atoms with Crippen molar-refractivity contribution in [3.05, 3.63) is 35.9 Å². The smallest absolute Gasteiger partial charge is 0.408 e. The molecule has 204 valence electrons. The van der Waals surface area contributed by atoms with Crippen molar-refractivity contribution in [2.45, 2.75) is 77.6 Å². The van der Waals surface area contributed by atoms with Gasteiger partial charge in [0, 0.05) is 19.5 Å². The van der Waals surface area contributed by atoms with Crippen LogP contribution in [0.4, 0.5) is 4.79 Å². The van der Waals surface area contributed by atoms with Crippen LogP contribution in [0.1, 0.15) is 58.4 Å². The first-order chi connectivity index (χ1) is 17.6. The number of nitrogens with one attached hydrogen (secondary N) is 3. The minimum Gasteiger partial charge on any atom is -0.445 e. The number of hydrogen-bond donors (Lipinski definition) is 4. The molecule has 0 aliphatic carbocycles. The van der Waals surface area contributed by atoms with Crippen molar-refractivity contribution < 1.29 is 28.7 Å². The fourth-order valence-electron chi connectivity index (χ4n) is 4.22. The van der Waals surface area contributed by atoms with Gasteiger partial charge in [0.25, 0.3) is 0 Å². The number of rotatable bonds is 13. The molecule has 11 heteroatoms. The van der Waals surface area contributed by atoms with E-state index in [4.69, 9.17) is 10.5 Å². The molecule has 11 nitrogen and oxygen atoms in total. The average Bonchev–Trinajstić information content (AvgIpc) is 3.35. The summed E-state index contributed by atoms with van der Waals surface area (Å²) < 4.78 is 5.26. The van der Waals surface area contributed by atoms with E-state index in [1.54, 1.807) is 6.92 Å². The number of primary amides is 1. The van der Waals surface area contributed by atoms with Crippen LogP contribution in [0.3, 0.4) is 0 Å². The number of alkyl carbamates (subject to hydrolysis) is 1. The van der Waals surface area contributed by atoms with Crippen LogP contribution < -0.4 is 21.7 Å². The monoisotopic (exact) mass is 517 g/mol. The van der Waals surface area contributed by atoms with Crippen molar-refractivity contribution in [3.8, 4) is 0 Å². The van der Waals surface area contributed by atoms with Crippen LogP contribution in [-0.2, 0) is 30.5 Å². The van der Waals surface area contributed by atoms with E-state index >= 15 is 0 Å². The van der Waals surface area contributed by atoms with E-state index in [1.165, 1.54) is 4.90 Å². The van der Waals surface area contributed by atoms with Crippen molar-refractivity contribution in [3.63, 3.8) is 0 Å². The van der Waals surface area contributed by atoms with Crippen LogP contribution in [0.15, 0.2) is 30.3 Å². The fraction of sp³-hybridized carbons (Fsp3) is 0.577. The Kier molecular flexibility index (Phi) is 11.9. The number of likely N-dealkylation sites (N-methyl/N-ethyl adjacent to an activating group) is 1. The van der Waals surface area contributed by atoms with E-state index in [9.17, 15) is 24.0 Å². The summed E-state index contributed by atoms with van der Waals surface area (Å²) in [5, 5.41) is 8.00. The summed E-state index contributed by atoms with van der Waals surface area (Å²) >= 11 is 0. The first kappa shape index (κ1) is 29.6. The molecule has 37 heavy (non-hydrogen) atoms. The summed E-state index contributed by atoms with van der Waals surface area (Å²) in [6, 6.07) is 6.44. The molecule has 0 spiro atoms. The molecular formula is C26H39N5O6. The topological polar surface area (TPSA) is 160 Å². The highest BCUT2D eigenvalue weighted by molar-refractivity contribution is 5.94. The number of carbonyl (C=O) groups is 5. The lowest BCUT2D eigenvalue weighted by Gasteiger charge is -2.30. The van der Waals surface area contributed by atoms with Gasteiger partial charge in [0.05, 0.1) is 0 Å². The number of nitrogens with zero attached hydrogens (tertiary/aromatic N) is 1. The predicted molar refractivity (Wildman–Crippen MR) is 137 cm³/mol. The fourth-order valence-corrected chi connectivity index (χ4v) is 4.22. The van der Waals surface area contributed by atoms with Gasteiger partial charge in [-0.15, -0.1) is 0 Å². The second kappa shape index (κ2) is 14.8. The summed E-state index contributed by atoms with van der Waals surface area (Å²) in [5.41, 5.74) is 6.10. The first-order valence-corrected chi connectivity index (χ1v) is 12.8. The highest BCUT2D eigenvalue weighted by Gasteiger charge is 2.38. The molecule has 3 atom stereocenters. The largest absolute Gasteiger partial charge is 0.445 e. The quantitative estimate of drug-likeness (QED) is 0.308. The van der Waals surface area contributed by atoms with Gasteiger partial charge in [-0.05, 0) is 44.1 Å². The standard InChI is InChI=1S/C26H39N5O6/c1-4-28-24(34)21-11-8-14-31(21)25(35)19(12-13-22(27)32)29-23(33)20(15-17(2)3)30-26(36)37-16-18-9-6-5-7-10-18/h5-7,9-10,17,19-21H,4,8,11-16H2,1-3H3,(H2,27,32)(H,28,34)(H,29,33)(H,30,36)/t19-,20-,21-/m0/s1. The van der Waals surface area contributed by atoms with Crippen molar-refractivity contribution >= 4 is 29.7 Å². The number of carbonyl (C=O) groups excluding carboxylic acids is 5. The second-order valence-electron chi connectivity index (χ2n) is 9.54. The van der Waals surface area contributed by atoms with E-state index < -0.39 is 41.9 Å². The zero-order valence-electron chi connectivity index (χ0n) is 21.8.